The number of halogens is 3. The lowest BCUT2D eigenvalue weighted by Gasteiger charge is -2.09. The molecule has 3 rings (SSSR count). The van der Waals surface area contributed by atoms with Crippen molar-refractivity contribution in [1.82, 2.24) is 20.2 Å². The largest absolute Gasteiger partial charge is 0.468 e. The molecule has 0 atom stereocenters. The molecule has 10 heteroatoms. The summed E-state index contributed by atoms with van der Waals surface area (Å²) in [5, 5.41) is 10.2. The van der Waals surface area contributed by atoms with Gasteiger partial charge in [0.05, 0.1) is 17.4 Å². The van der Waals surface area contributed by atoms with Gasteiger partial charge in [-0.15, -0.1) is 0 Å². The van der Waals surface area contributed by atoms with Crippen molar-refractivity contribution < 1.29 is 22.7 Å². The fraction of sp³-hybridized carbons (Fsp3) is 0.200. The minimum absolute atomic E-state index is 0.170. The fourth-order valence-electron chi connectivity index (χ4n) is 2.05. The predicted octanol–water partition coefficient (Wildman–Crippen LogP) is 2.85. The molecule has 0 fully saturated rings. The van der Waals surface area contributed by atoms with Crippen molar-refractivity contribution >= 4 is 22.6 Å². The van der Waals surface area contributed by atoms with E-state index in [1.54, 1.807) is 6.07 Å². The van der Waals surface area contributed by atoms with Gasteiger partial charge in [0.2, 0.25) is 5.88 Å². The average molecular weight is 351 g/mol. The minimum atomic E-state index is -4.45. The standard InChI is InChI=1S/C15H12F3N5O2/c1-8-11-4-10(6-20-13(11)23-22-8)21-14(24)9-2-3-12(19-5-9)25-7-15(16,17)18/h2-6H,7H2,1H3,(H,21,24)(H,20,22,23). The Labute approximate surface area is 139 Å². The number of aromatic nitrogens is 4. The number of rotatable bonds is 4. The van der Waals surface area contributed by atoms with E-state index in [0.717, 1.165) is 17.3 Å². The quantitative estimate of drug-likeness (QED) is 0.754. The smallest absolute Gasteiger partial charge is 0.422 e. The van der Waals surface area contributed by atoms with Crippen molar-refractivity contribution in [3.63, 3.8) is 0 Å². The molecular formula is C15H12F3N5O2. The van der Waals surface area contributed by atoms with E-state index in [-0.39, 0.29) is 11.4 Å². The number of hydrogen-bond donors (Lipinski definition) is 2. The molecule has 0 radical (unpaired) electrons. The number of H-pyrrole nitrogens is 1. The van der Waals surface area contributed by atoms with Gasteiger partial charge in [0.25, 0.3) is 5.91 Å². The predicted molar refractivity (Wildman–Crippen MR) is 82.4 cm³/mol. The zero-order valence-corrected chi connectivity index (χ0v) is 12.9. The Balaban J connectivity index is 1.68. The van der Waals surface area contributed by atoms with Crippen LogP contribution in [0, 0.1) is 6.92 Å². The van der Waals surface area contributed by atoms with Crippen LogP contribution in [0.4, 0.5) is 18.9 Å². The highest BCUT2D eigenvalue weighted by atomic mass is 19.4. The average Bonchev–Trinajstić information content (AvgIpc) is 2.94. The number of aryl methyl sites for hydroxylation is 1. The lowest BCUT2D eigenvalue weighted by atomic mass is 10.2. The van der Waals surface area contributed by atoms with Crippen molar-refractivity contribution in [2.45, 2.75) is 13.1 Å². The Hall–Kier alpha value is -3.17. The number of carbonyl (C=O) groups is 1. The van der Waals surface area contributed by atoms with Crippen LogP contribution < -0.4 is 10.1 Å². The van der Waals surface area contributed by atoms with Gasteiger partial charge in [-0.1, -0.05) is 0 Å². The number of pyridine rings is 2. The molecule has 0 aliphatic carbocycles. The van der Waals surface area contributed by atoms with Crippen molar-refractivity contribution in [1.29, 1.82) is 0 Å². The molecule has 0 bridgehead atoms. The summed E-state index contributed by atoms with van der Waals surface area (Å²) in [7, 11) is 0. The van der Waals surface area contributed by atoms with E-state index in [1.807, 2.05) is 6.92 Å². The maximum atomic E-state index is 12.2. The molecule has 2 N–H and O–H groups in total. The van der Waals surface area contributed by atoms with Gasteiger partial charge in [0.1, 0.15) is 0 Å². The van der Waals surface area contributed by atoms with E-state index in [0.29, 0.717) is 11.3 Å². The monoisotopic (exact) mass is 351 g/mol. The summed E-state index contributed by atoms with van der Waals surface area (Å²) in [5.41, 5.74) is 1.97. The van der Waals surface area contributed by atoms with Crippen LogP contribution in [0.2, 0.25) is 0 Å². The molecule has 3 aromatic heterocycles. The summed E-state index contributed by atoms with van der Waals surface area (Å²) in [6.07, 6.45) is -1.86. The number of ether oxygens (including phenoxy) is 1. The number of anilines is 1. The van der Waals surface area contributed by atoms with Gasteiger partial charge in [0.15, 0.2) is 12.3 Å². The van der Waals surface area contributed by atoms with E-state index in [2.05, 4.69) is 30.2 Å². The fourth-order valence-corrected chi connectivity index (χ4v) is 2.05. The Morgan fingerprint density at radius 3 is 2.76 bits per heavy atom. The van der Waals surface area contributed by atoms with Gasteiger partial charge in [0, 0.05) is 23.3 Å². The van der Waals surface area contributed by atoms with Crippen LogP contribution in [-0.4, -0.2) is 38.9 Å². The van der Waals surface area contributed by atoms with Crippen molar-refractivity contribution in [3.8, 4) is 5.88 Å². The highest BCUT2D eigenvalue weighted by Gasteiger charge is 2.28. The van der Waals surface area contributed by atoms with E-state index in [4.69, 9.17) is 0 Å². The Morgan fingerprint density at radius 1 is 1.28 bits per heavy atom. The topological polar surface area (TPSA) is 92.8 Å². The molecule has 0 aromatic carbocycles. The van der Waals surface area contributed by atoms with Crippen molar-refractivity contribution in [2.75, 3.05) is 11.9 Å². The maximum Gasteiger partial charge on any atom is 0.422 e. The first-order chi connectivity index (χ1) is 11.8. The highest BCUT2D eigenvalue weighted by Crippen LogP contribution is 2.19. The number of alkyl halides is 3. The van der Waals surface area contributed by atoms with E-state index in [9.17, 15) is 18.0 Å². The Morgan fingerprint density at radius 2 is 2.08 bits per heavy atom. The third kappa shape index (κ3) is 4.03. The SMILES string of the molecule is Cc1[nH]nc2ncc(NC(=O)c3ccc(OCC(F)(F)F)nc3)cc12. The van der Waals surface area contributed by atoms with Crippen LogP contribution in [0.3, 0.4) is 0 Å². The highest BCUT2D eigenvalue weighted by molar-refractivity contribution is 6.04. The van der Waals surface area contributed by atoms with Gasteiger partial charge >= 0.3 is 6.18 Å². The van der Waals surface area contributed by atoms with Crippen LogP contribution in [-0.2, 0) is 0 Å². The van der Waals surface area contributed by atoms with Crippen LogP contribution in [0.1, 0.15) is 16.1 Å². The lowest BCUT2D eigenvalue weighted by molar-refractivity contribution is -0.154. The van der Waals surface area contributed by atoms with Crippen LogP contribution in [0.15, 0.2) is 30.6 Å². The second-order valence-electron chi connectivity index (χ2n) is 5.19. The molecule has 25 heavy (non-hydrogen) atoms. The molecule has 1 amide bonds. The molecule has 0 aliphatic rings. The van der Waals surface area contributed by atoms with Gasteiger partial charge < -0.3 is 10.1 Å². The van der Waals surface area contributed by atoms with Crippen LogP contribution in [0.25, 0.3) is 11.0 Å². The second kappa shape index (κ2) is 6.38. The summed E-state index contributed by atoms with van der Waals surface area (Å²) < 4.78 is 40.7. The Bertz CT molecular complexity index is 906. The number of carbonyl (C=O) groups excluding carboxylic acids is 1. The zero-order chi connectivity index (χ0) is 18.0. The third-order valence-corrected chi connectivity index (χ3v) is 3.24. The minimum Gasteiger partial charge on any atom is -0.468 e. The number of hydrogen-bond acceptors (Lipinski definition) is 5. The van der Waals surface area contributed by atoms with Gasteiger partial charge in [-0.25, -0.2) is 9.97 Å². The number of nitrogens with zero attached hydrogens (tertiary/aromatic N) is 3. The first-order valence-corrected chi connectivity index (χ1v) is 7.09. The molecule has 3 heterocycles. The molecule has 0 saturated heterocycles. The summed E-state index contributed by atoms with van der Waals surface area (Å²) in [5.74, 6) is -0.692. The number of aromatic amines is 1. The number of nitrogens with one attached hydrogen (secondary N) is 2. The molecule has 7 nitrogen and oxygen atoms in total. The number of fused-ring (bicyclic) bond motifs is 1. The molecule has 3 aromatic rings. The lowest BCUT2D eigenvalue weighted by Crippen LogP contribution is -2.19. The molecule has 130 valence electrons. The van der Waals surface area contributed by atoms with Gasteiger partial charge in [-0.2, -0.15) is 18.3 Å². The van der Waals surface area contributed by atoms with Gasteiger partial charge in [-0.3, -0.25) is 9.89 Å². The second-order valence-corrected chi connectivity index (χ2v) is 5.19. The summed E-state index contributed by atoms with van der Waals surface area (Å²) in [6.45, 7) is 0.382. The van der Waals surface area contributed by atoms with Crippen LogP contribution in [0.5, 0.6) is 5.88 Å². The van der Waals surface area contributed by atoms with Gasteiger partial charge in [-0.05, 0) is 19.1 Å². The third-order valence-electron chi connectivity index (χ3n) is 3.24. The Kier molecular flexibility index (Phi) is 4.26. The first kappa shape index (κ1) is 16.7. The zero-order valence-electron chi connectivity index (χ0n) is 12.9. The molecule has 0 saturated carbocycles. The molecule has 0 unspecified atom stereocenters. The van der Waals surface area contributed by atoms with Crippen molar-refractivity contribution in [2.24, 2.45) is 0 Å². The normalized spacial score (nSPS) is 11.5. The van der Waals surface area contributed by atoms with E-state index < -0.39 is 18.7 Å². The van der Waals surface area contributed by atoms with E-state index >= 15 is 0 Å². The van der Waals surface area contributed by atoms with E-state index in [1.165, 1.54) is 18.3 Å². The summed E-state index contributed by atoms with van der Waals surface area (Å²) >= 11 is 0. The number of amides is 1. The first-order valence-electron chi connectivity index (χ1n) is 7.09. The van der Waals surface area contributed by atoms with Crippen LogP contribution >= 0.6 is 0 Å². The molecule has 0 aliphatic heterocycles. The maximum absolute atomic E-state index is 12.2. The van der Waals surface area contributed by atoms with Crippen molar-refractivity contribution in [3.05, 3.63) is 41.9 Å². The molecule has 0 spiro atoms. The summed E-state index contributed by atoms with van der Waals surface area (Å²) in [4.78, 5) is 20.0. The molecular weight excluding hydrogens is 339 g/mol. The summed E-state index contributed by atoms with van der Waals surface area (Å²) in [6, 6.07) is 4.23.